The summed E-state index contributed by atoms with van der Waals surface area (Å²) in [5, 5.41) is 6.65. The Balaban J connectivity index is 1.99. The molecule has 1 fully saturated rings. The second kappa shape index (κ2) is 4.30. The zero-order valence-corrected chi connectivity index (χ0v) is 10.9. The van der Waals surface area contributed by atoms with Gasteiger partial charge in [-0.25, -0.2) is 0 Å². The van der Waals surface area contributed by atoms with Crippen molar-refractivity contribution in [1.29, 1.82) is 0 Å². The molecule has 0 saturated heterocycles. The van der Waals surface area contributed by atoms with Gasteiger partial charge >= 0.3 is 0 Å². The highest BCUT2D eigenvalue weighted by molar-refractivity contribution is 6.06. The Labute approximate surface area is 108 Å². The molecule has 18 heavy (non-hydrogen) atoms. The standard InChI is InChI=1S/C15H20N2O/c1-11-7-6-8-12-13(11)17-15(14(18)16-12)9-4-2-3-5-10-15/h6-8,17H,2-5,9-10H2,1H3,(H,16,18). The average molecular weight is 244 g/mol. The molecule has 0 unspecified atom stereocenters. The Morgan fingerprint density at radius 3 is 2.56 bits per heavy atom. The number of nitrogens with one attached hydrogen (secondary N) is 2. The molecular weight excluding hydrogens is 224 g/mol. The van der Waals surface area contributed by atoms with Crippen molar-refractivity contribution >= 4 is 17.3 Å². The van der Waals surface area contributed by atoms with Crippen molar-refractivity contribution in [3.05, 3.63) is 23.8 Å². The largest absolute Gasteiger partial charge is 0.369 e. The molecule has 3 rings (SSSR count). The van der Waals surface area contributed by atoms with Crippen LogP contribution in [-0.4, -0.2) is 11.4 Å². The molecule has 3 heteroatoms. The van der Waals surface area contributed by atoms with Crippen LogP contribution in [0.3, 0.4) is 0 Å². The zero-order valence-electron chi connectivity index (χ0n) is 10.9. The lowest BCUT2D eigenvalue weighted by molar-refractivity contribution is -0.121. The first-order chi connectivity index (χ1) is 8.71. The summed E-state index contributed by atoms with van der Waals surface area (Å²) in [7, 11) is 0. The number of fused-ring (bicyclic) bond motifs is 1. The number of para-hydroxylation sites is 1. The molecule has 2 N–H and O–H groups in total. The maximum absolute atomic E-state index is 12.4. The van der Waals surface area contributed by atoms with E-state index in [1.807, 2.05) is 12.1 Å². The number of hydrogen-bond donors (Lipinski definition) is 2. The molecule has 0 atom stereocenters. The van der Waals surface area contributed by atoms with Crippen LogP contribution in [0.1, 0.15) is 44.1 Å². The monoisotopic (exact) mass is 244 g/mol. The highest BCUT2D eigenvalue weighted by Crippen LogP contribution is 2.39. The Morgan fingerprint density at radius 2 is 1.83 bits per heavy atom. The van der Waals surface area contributed by atoms with E-state index in [1.165, 1.54) is 18.4 Å². The summed E-state index contributed by atoms with van der Waals surface area (Å²) in [6, 6.07) is 6.05. The topological polar surface area (TPSA) is 41.1 Å². The fraction of sp³-hybridized carbons (Fsp3) is 0.533. The van der Waals surface area contributed by atoms with Crippen LogP contribution >= 0.6 is 0 Å². The van der Waals surface area contributed by atoms with Gasteiger partial charge in [-0.2, -0.15) is 0 Å². The van der Waals surface area contributed by atoms with Gasteiger partial charge < -0.3 is 10.6 Å². The minimum Gasteiger partial charge on any atom is -0.369 e. The third-order valence-electron chi connectivity index (χ3n) is 4.28. The summed E-state index contributed by atoms with van der Waals surface area (Å²) < 4.78 is 0. The lowest BCUT2D eigenvalue weighted by Gasteiger charge is -2.39. The van der Waals surface area contributed by atoms with E-state index in [0.29, 0.717) is 0 Å². The van der Waals surface area contributed by atoms with Crippen LogP contribution in [0.2, 0.25) is 0 Å². The fourth-order valence-corrected chi connectivity index (χ4v) is 3.16. The molecule has 1 aromatic rings. The van der Waals surface area contributed by atoms with E-state index in [0.717, 1.165) is 37.1 Å². The van der Waals surface area contributed by atoms with E-state index in [1.54, 1.807) is 0 Å². The quantitative estimate of drug-likeness (QED) is 0.734. The Bertz CT molecular complexity index is 473. The van der Waals surface area contributed by atoms with Crippen LogP contribution < -0.4 is 10.6 Å². The van der Waals surface area contributed by atoms with Gasteiger partial charge in [0, 0.05) is 0 Å². The van der Waals surface area contributed by atoms with E-state index in [-0.39, 0.29) is 11.4 Å². The van der Waals surface area contributed by atoms with Gasteiger partial charge in [0.05, 0.1) is 11.4 Å². The lowest BCUT2D eigenvalue weighted by atomic mass is 9.86. The second-order valence-electron chi connectivity index (χ2n) is 5.57. The molecule has 1 saturated carbocycles. The molecule has 1 heterocycles. The van der Waals surface area contributed by atoms with E-state index < -0.39 is 0 Å². The number of aryl methyl sites for hydroxylation is 1. The minimum absolute atomic E-state index is 0.155. The summed E-state index contributed by atoms with van der Waals surface area (Å²) >= 11 is 0. The third-order valence-corrected chi connectivity index (χ3v) is 4.28. The first kappa shape index (κ1) is 11.6. The minimum atomic E-state index is -0.365. The third kappa shape index (κ3) is 1.78. The number of anilines is 2. The van der Waals surface area contributed by atoms with Crippen molar-refractivity contribution in [2.45, 2.75) is 51.0 Å². The van der Waals surface area contributed by atoms with Gasteiger partial charge in [-0.05, 0) is 31.4 Å². The highest BCUT2D eigenvalue weighted by Gasteiger charge is 2.42. The normalized spacial score (nSPS) is 21.7. The van der Waals surface area contributed by atoms with Gasteiger partial charge in [-0.15, -0.1) is 0 Å². The summed E-state index contributed by atoms with van der Waals surface area (Å²) in [5.74, 6) is 0.155. The van der Waals surface area contributed by atoms with Crippen LogP contribution in [0.4, 0.5) is 11.4 Å². The molecule has 3 nitrogen and oxygen atoms in total. The number of amides is 1. The van der Waals surface area contributed by atoms with Crippen LogP contribution in [0.25, 0.3) is 0 Å². The maximum atomic E-state index is 12.4. The smallest absolute Gasteiger partial charge is 0.250 e. The van der Waals surface area contributed by atoms with E-state index in [4.69, 9.17) is 0 Å². The molecule has 1 aliphatic carbocycles. The van der Waals surface area contributed by atoms with E-state index in [2.05, 4.69) is 23.6 Å². The first-order valence-corrected chi connectivity index (χ1v) is 6.91. The van der Waals surface area contributed by atoms with Gasteiger partial charge in [-0.3, -0.25) is 4.79 Å². The molecule has 2 aliphatic rings. The predicted octanol–water partition coefficient (Wildman–Crippen LogP) is 3.45. The van der Waals surface area contributed by atoms with Crippen molar-refractivity contribution in [3.8, 4) is 0 Å². The van der Waals surface area contributed by atoms with Crippen molar-refractivity contribution in [3.63, 3.8) is 0 Å². The molecule has 0 radical (unpaired) electrons. The highest BCUT2D eigenvalue weighted by atomic mass is 16.2. The molecule has 0 bridgehead atoms. The van der Waals surface area contributed by atoms with E-state index >= 15 is 0 Å². The Hall–Kier alpha value is -1.51. The number of hydrogen-bond acceptors (Lipinski definition) is 2. The van der Waals surface area contributed by atoms with Gasteiger partial charge in [-0.1, -0.05) is 37.8 Å². The lowest BCUT2D eigenvalue weighted by Crippen LogP contribution is -2.52. The Kier molecular flexibility index (Phi) is 2.77. The van der Waals surface area contributed by atoms with Crippen LogP contribution in [0.15, 0.2) is 18.2 Å². The van der Waals surface area contributed by atoms with Gasteiger partial charge in [0.2, 0.25) is 5.91 Å². The number of rotatable bonds is 0. The van der Waals surface area contributed by atoms with Crippen LogP contribution in [0, 0.1) is 6.92 Å². The summed E-state index contributed by atoms with van der Waals surface area (Å²) in [6.07, 6.45) is 6.68. The number of benzene rings is 1. The molecule has 1 aromatic carbocycles. The van der Waals surface area contributed by atoms with Crippen molar-refractivity contribution in [2.24, 2.45) is 0 Å². The SMILES string of the molecule is Cc1cccc2c1NC1(CCCCCC1)C(=O)N2. The van der Waals surface area contributed by atoms with E-state index in [9.17, 15) is 4.79 Å². The van der Waals surface area contributed by atoms with Crippen molar-refractivity contribution < 1.29 is 4.79 Å². The van der Waals surface area contributed by atoms with Gasteiger partial charge in [0.15, 0.2) is 0 Å². The summed E-state index contributed by atoms with van der Waals surface area (Å²) in [4.78, 5) is 12.4. The molecule has 0 aromatic heterocycles. The predicted molar refractivity (Wildman–Crippen MR) is 73.9 cm³/mol. The van der Waals surface area contributed by atoms with Crippen LogP contribution in [0.5, 0.6) is 0 Å². The molecule has 1 amide bonds. The van der Waals surface area contributed by atoms with Gasteiger partial charge in [0.1, 0.15) is 5.54 Å². The fourth-order valence-electron chi connectivity index (χ4n) is 3.16. The Morgan fingerprint density at radius 1 is 1.11 bits per heavy atom. The summed E-state index contributed by atoms with van der Waals surface area (Å²) in [6.45, 7) is 2.09. The molecule has 1 aliphatic heterocycles. The summed E-state index contributed by atoms with van der Waals surface area (Å²) in [5.41, 5.74) is 2.88. The second-order valence-corrected chi connectivity index (χ2v) is 5.57. The first-order valence-electron chi connectivity index (χ1n) is 6.91. The van der Waals surface area contributed by atoms with Gasteiger partial charge in [0.25, 0.3) is 0 Å². The number of carbonyl (C=O) groups excluding carboxylic acids is 1. The molecular formula is C15H20N2O. The van der Waals surface area contributed by atoms with Crippen LogP contribution in [-0.2, 0) is 4.79 Å². The zero-order chi connectivity index (χ0) is 12.6. The number of carbonyl (C=O) groups is 1. The van der Waals surface area contributed by atoms with Crippen molar-refractivity contribution in [2.75, 3.05) is 10.6 Å². The average Bonchev–Trinajstić information content (AvgIpc) is 2.59. The molecule has 1 spiro atoms. The van der Waals surface area contributed by atoms with Crippen molar-refractivity contribution in [1.82, 2.24) is 0 Å². The molecule has 96 valence electrons. The maximum Gasteiger partial charge on any atom is 0.250 e.